The number of amides is 1. The van der Waals surface area contributed by atoms with Crippen LogP contribution in [0.4, 0.5) is 10.8 Å². The molecule has 2 heterocycles. The van der Waals surface area contributed by atoms with Gasteiger partial charge in [-0.2, -0.15) is 0 Å². The third-order valence-electron chi connectivity index (χ3n) is 5.45. The van der Waals surface area contributed by atoms with E-state index in [2.05, 4.69) is 4.90 Å². The number of ether oxygens (including phenoxy) is 1. The molecule has 1 aliphatic heterocycles. The summed E-state index contributed by atoms with van der Waals surface area (Å²) in [5, 5.41) is 12.1. The van der Waals surface area contributed by atoms with Crippen molar-refractivity contribution in [3.63, 3.8) is 0 Å². The molecule has 33 heavy (non-hydrogen) atoms. The van der Waals surface area contributed by atoms with Gasteiger partial charge in [0.1, 0.15) is 0 Å². The number of rotatable bonds is 7. The average molecular weight is 487 g/mol. The molecule has 3 aromatic rings. The Labute approximate surface area is 200 Å². The van der Waals surface area contributed by atoms with Crippen molar-refractivity contribution in [3.8, 4) is 0 Å². The number of nitro benzene ring substituents is 1. The standard InChI is InChI=1S/C23H23ClN4O4S/c1-16-2-8-19(24)22-21(16)25-23(33-22)27(11-10-26-12-14-32-15-13-26)20(29)9-5-17-3-6-18(7-4-17)28(30)31/h2-9H,10-15H2,1H3/b9-5+. The minimum absolute atomic E-state index is 0.00679. The van der Waals surface area contributed by atoms with Crippen LogP contribution in [0.25, 0.3) is 16.3 Å². The first-order valence-electron chi connectivity index (χ1n) is 10.5. The molecule has 0 atom stereocenters. The Morgan fingerprint density at radius 2 is 2.00 bits per heavy atom. The number of halogens is 1. The molecular weight excluding hydrogens is 464 g/mol. The van der Waals surface area contributed by atoms with Crippen LogP contribution in [0.3, 0.4) is 0 Å². The lowest BCUT2D eigenvalue weighted by Crippen LogP contribution is -2.42. The molecule has 0 unspecified atom stereocenters. The number of hydrogen-bond donors (Lipinski definition) is 0. The zero-order valence-electron chi connectivity index (χ0n) is 18.1. The fraction of sp³-hybridized carbons (Fsp3) is 0.304. The van der Waals surface area contributed by atoms with Gasteiger partial charge in [-0.05, 0) is 42.3 Å². The second-order valence-corrected chi connectivity index (χ2v) is 9.05. The Balaban J connectivity index is 1.58. The van der Waals surface area contributed by atoms with E-state index in [-0.39, 0.29) is 11.6 Å². The van der Waals surface area contributed by atoms with E-state index in [0.717, 1.165) is 28.9 Å². The van der Waals surface area contributed by atoms with Gasteiger partial charge in [-0.25, -0.2) is 4.98 Å². The minimum atomic E-state index is -0.452. The molecule has 1 amide bonds. The number of anilines is 1. The normalized spacial score (nSPS) is 14.7. The second kappa shape index (κ2) is 10.4. The SMILES string of the molecule is Cc1ccc(Cl)c2sc(N(CCN3CCOCC3)C(=O)/C=C/c3ccc([N+](=O)[O-])cc3)nc12. The van der Waals surface area contributed by atoms with E-state index in [0.29, 0.717) is 42.0 Å². The zero-order valence-corrected chi connectivity index (χ0v) is 19.6. The Hall–Kier alpha value is -2.85. The number of non-ortho nitro benzene ring substituents is 1. The lowest BCUT2D eigenvalue weighted by molar-refractivity contribution is -0.384. The van der Waals surface area contributed by atoms with Gasteiger partial charge in [-0.1, -0.05) is 29.0 Å². The van der Waals surface area contributed by atoms with Gasteiger partial charge >= 0.3 is 0 Å². The maximum atomic E-state index is 13.2. The van der Waals surface area contributed by atoms with Crippen molar-refractivity contribution in [2.45, 2.75) is 6.92 Å². The number of nitro groups is 1. The lowest BCUT2D eigenvalue weighted by Gasteiger charge is -2.28. The van der Waals surface area contributed by atoms with Gasteiger partial charge in [0.2, 0.25) is 0 Å². The summed E-state index contributed by atoms with van der Waals surface area (Å²) >= 11 is 7.78. The third kappa shape index (κ3) is 5.56. The van der Waals surface area contributed by atoms with Crippen LogP contribution >= 0.6 is 22.9 Å². The smallest absolute Gasteiger partial charge is 0.269 e. The first kappa shape index (κ1) is 23.3. The van der Waals surface area contributed by atoms with Gasteiger partial charge in [0.25, 0.3) is 11.6 Å². The highest BCUT2D eigenvalue weighted by Crippen LogP contribution is 2.35. The predicted molar refractivity (Wildman–Crippen MR) is 131 cm³/mol. The van der Waals surface area contributed by atoms with Gasteiger partial charge in [0.15, 0.2) is 5.13 Å². The Kier molecular flexibility index (Phi) is 7.34. The van der Waals surface area contributed by atoms with E-state index in [4.69, 9.17) is 21.3 Å². The zero-order chi connectivity index (χ0) is 23.4. The first-order chi connectivity index (χ1) is 15.9. The summed E-state index contributed by atoms with van der Waals surface area (Å²) in [4.78, 5) is 32.3. The Morgan fingerprint density at radius 3 is 2.67 bits per heavy atom. The summed E-state index contributed by atoms with van der Waals surface area (Å²) < 4.78 is 6.27. The van der Waals surface area contributed by atoms with Crippen LogP contribution in [0, 0.1) is 17.0 Å². The average Bonchev–Trinajstić information content (AvgIpc) is 3.28. The van der Waals surface area contributed by atoms with E-state index in [9.17, 15) is 14.9 Å². The molecule has 0 bridgehead atoms. The van der Waals surface area contributed by atoms with E-state index < -0.39 is 4.92 Å². The Morgan fingerprint density at radius 1 is 1.27 bits per heavy atom. The fourth-order valence-corrected chi connectivity index (χ4v) is 4.89. The predicted octanol–water partition coefficient (Wildman–Crippen LogP) is 4.54. The maximum Gasteiger partial charge on any atom is 0.269 e. The van der Waals surface area contributed by atoms with Crippen molar-refractivity contribution < 1.29 is 14.5 Å². The number of carbonyl (C=O) groups is 1. The fourth-order valence-electron chi connectivity index (χ4n) is 3.54. The van der Waals surface area contributed by atoms with Gasteiger partial charge in [-0.15, -0.1) is 0 Å². The largest absolute Gasteiger partial charge is 0.379 e. The second-order valence-electron chi connectivity index (χ2n) is 7.66. The number of morpholine rings is 1. The lowest BCUT2D eigenvalue weighted by atomic mass is 10.2. The van der Waals surface area contributed by atoms with E-state index >= 15 is 0 Å². The molecular formula is C23H23ClN4O4S. The number of aromatic nitrogens is 1. The van der Waals surface area contributed by atoms with Crippen molar-refractivity contribution in [1.29, 1.82) is 0 Å². The molecule has 10 heteroatoms. The molecule has 8 nitrogen and oxygen atoms in total. The van der Waals surface area contributed by atoms with E-state index in [1.54, 1.807) is 23.1 Å². The summed E-state index contributed by atoms with van der Waals surface area (Å²) in [6.07, 6.45) is 3.13. The molecule has 1 aromatic heterocycles. The summed E-state index contributed by atoms with van der Waals surface area (Å²) in [5.41, 5.74) is 2.50. The van der Waals surface area contributed by atoms with Crippen LogP contribution in [0.15, 0.2) is 42.5 Å². The molecule has 172 valence electrons. The van der Waals surface area contributed by atoms with Crippen LogP contribution in [-0.4, -0.2) is 60.1 Å². The van der Waals surface area contributed by atoms with Gasteiger partial charge < -0.3 is 4.74 Å². The van der Waals surface area contributed by atoms with Crippen LogP contribution in [0.5, 0.6) is 0 Å². The van der Waals surface area contributed by atoms with E-state index in [1.807, 2.05) is 19.1 Å². The van der Waals surface area contributed by atoms with Gasteiger partial charge in [0.05, 0.1) is 33.4 Å². The van der Waals surface area contributed by atoms with E-state index in [1.165, 1.54) is 29.5 Å². The molecule has 0 N–H and O–H groups in total. The first-order valence-corrected chi connectivity index (χ1v) is 11.7. The molecule has 1 aliphatic rings. The van der Waals surface area contributed by atoms with Crippen LogP contribution < -0.4 is 4.90 Å². The molecule has 1 saturated heterocycles. The number of hydrogen-bond acceptors (Lipinski definition) is 7. The number of aryl methyl sites for hydroxylation is 1. The van der Waals surface area contributed by atoms with Crippen LogP contribution in [0.2, 0.25) is 5.02 Å². The summed E-state index contributed by atoms with van der Waals surface area (Å²) in [6.45, 7) is 6.16. The molecule has 0 saturated carbocycles. The van der Waals surface area contributed by atoms with Gasteiger partial charge in [0, 0.05) is 44.4 Å². The van der Waals surface area contributed by atoms with Gasteiger partial charge in [-0.3, -0.25) is 24.7 Å². The molecule has 0 radical (unpaired) electrons. The van der Waals surface area contributed by atoms with Crippen LogP contribution in [0.1, 0.15) is 11.1 Å². The monoisotopic (exact) mass is 486 g/mol. The summed E-state index contributed by atoms with van der Waals surface area (Å²) in [7, 11) is 0. The molecule has 0 spiro atoms. The molecule has 0 aliphatic carbocycles. The number of nitrogens with zero attached hydrogens (tertiary/aromatic N) is 4. The van der Waals surface area contributed by atoms with Crippen molar-refractivity contribution >= 4 is 56.0 Å². The molecule has 4 rings (SSSR count). The number of fused-ring (bicyclic) bond motifs is 1. The highest BCUT2D eigenvalue weighted by Gasteiger charge is 2.21. The quantitative estimate of drug-likeness (QED) is 0.276. The molecule has 1 fully saturated rings. The number of thiazole rings is 1. The maximum absolute atomic E-state index is 13.2. The van der Waals surface area contributed by atoms with Crippen molar-refractivity contribution in [3.05, 3.63) is 68.7 Å². The number of benzene rings is 2. The van der Waals surface area contributed by atoms with Crippen molar-refractivity contribution in [2.75, 3.05) is 44.3 Å². The Bertz CT molecular complexity index is 1150. The minimum Gasteiger partial charge on any atom is -0.379 e. The highest BCUT2D eigenvalue weighted by molar-refractivity contribution is 7.23. The van der Waals surface area contributed by atoms with Crippen LogP contribution in [-0.2, 0) is 9.53 Å². The van der Waals surface area contributed by atoms with Crippen molar-refractivity contribution in [2.24, 2.45) is 0 Å². The van der Waals surface area contributed by atoms with Crippen molar-refractivity contribution in [1.82, 2.24) is 9.88 Å². The third-order valence-corrected chi connectivity index (χ3v) is 6.99. The summed E-state index contributed by atoms with van der Waals surface area (Å²) in [5.74, 6) is -0.213. The summed E-state index contributed by atoms with van der Waals surface area (Å²) in [6, 6.07) is 9.82. The highest BCUT2D eigenvalue weighted by atomic mass is 35.5. The molecule has 2 aromatic carbocycles. The topological polar surface area (TPSA) is 88.8 Å². The number of carbonyl (C=O) groups excluding carboxylic acids is 1.